The van der Waals surface area contributed by atoms with Crippen molar-refractivity contribution in [2.75, 3.05) is 5.32 Å². The van der Waals surface area contributed by atoms with Crippen LogP contribution in [-0.2, 0) is 19.7 Å². The van der Waals surface area contributed by atoms with Crippen LogP contribution >= 0.6 is 31.9 Å². The van der Waals surface area contributed by atoms with E-state index in [1.165, 1.54) is 0 Å². The molecule has 0 spiro atoms. The number of aromatic nitrogens is 4. The summed E-state index contributed by atoms with van der Waals surface area (Å²) >= 11 is 7.18. The van der Waals surface area contributed by atoms with Gasteiger partial charge in [0.15, 0.2) is 0 Å². The number of anilines is 1. The van der Waals surface area contributed by atoms with E-state index in [1.54, 1.807) is 10.8 Å². The summed E-state index contributed by atoms with van der Waals surface area (Å²) in [5, 5.41) is 14.8. The van der Waals surface area contributed by atoms with Gasteiger partial charge < -0.3 is 10.1 Å². The number of allylic oxidation sites excluding steroid dienone is 1. The van der Waals surface area contributed by atoms with Crippen molar-refractivity contribution in [3.8, 4) is 5.75 Å². The highest BCUT2D eigenvalue weighted by atomic mass is 79.9. The van der Waals surface area contributed by atoms with Crippen LogP contribution in [0.3, 0.4) is 0 Å². The quantitative estimate of drug-likeness (QED) is 0.480. The molecule has 0 aliphatic carbocycles. The molecule has 134 valence electrons. The number of tetrazole rings is 1. The lowest BCUT2D eigenvalue weighted by molar-refractivity contribution is 0.302. The largest absolute Gasteiger partial charge is 0.487 e. The van der Waals surface area contributed by atoms with E-state index in [4.69, 9.17) is 4.74 Å². The number of ether oxygens (including phenoxy) is 1. The minimum absolute atomic E-state index is 0.506. The highest BCUT2D eigenvalue weighted by molar-refractivity contribution is 9.11. The Morgan fingerprint density at radius 3 is 2.54 bits per heavy atom. The van der Waals surface area contributed by atoms with E-state index in [0.29, 0.717) is 25.6 Å². The second-order valence-corrected chi connectivity index (χ2v) is 7.20. The summed E-state index contributed by atoms with van der Waals surface area (Å²) in [5.41, 5.74) is 2.18. The molecule has 3 aromatic rings. The first-order valence-corrected chi connectivity index (χ1v) is 9.51. The van der Waals surface area contributed by atoms with E-state index in [1.807, 2.05) is 42.5 Å². The molecule has 0 fully saturated rings. The molecule has 0 aliphatic heterocycles. The first-order valence-electron chi connectivity index (χ1n) is 7.93. The molecule has 1 aromatic heterocycles. The van der Waals surface area contributed by atoms with Crippen LogP contribution in [0.2, 0.25) is 0 Å². The highest BCUT2D eigenvalue weighted by Gasteiger charge is 2.11. The fourth-order valence-corrected chi connectivity index (χ4v) is 3.85. The molecule has 26 heavy (non-hydrogen) atoms. The number of hydrogen-bond donors (Lipinski definition) is 1. The zero-order valence-corrected chi connectivity index (χ0v) is 17.1. The van der Waals surface area contributed by atoms with Crippen molar-refractivity contribution in [3.05, 3.63) is 75.2 Å². The first kappa shape index (κ1) is 18.6. The molecule has 0 saturated carbocycles. The van der Waals surface area contributed by atoms with E-state index in [-0.39, 0.29) is 0 Å². The maximum Gasteiger partial charge on any atom is 0.243 e. The summed E-state index contributed by atoms with van der Waals surface area (Å²) in [5.74, 6) is 1.37. The summed E-state index contributed by atoms with van der Waals surface area (Å²) in [7, 11) is 0. The van der Waals surface area contributed by atoms with Crippen molar-refractivity contribution in [2.24, 2.45) is 0 Å². The van der Waals surface area contributed by atoms with Crippen molar-refractivity contribution in [2.45, 2.75) is 19.7 Å². The third-order valence-corrected chi connectivity index (χ3v) is 4.75. The number of hydrogen-bond acceptors (Lipinski definition) is 5. The van der Waals surface area contributed by atoms with Crippen LogP contribution < -0.4 is 10.1 Å². The van der Waals surface area contributed by atoms with Crippen molar-refractivity contribution >= 4 is 37.8 Å². The van der Waals surface area contributed by atoms with Gasteiger partial charge in [-0.25, -0.2) is 4.68 Å². The van der Waals surface area contributed by atoms with Crippen molar-refractivity contribution in [1.82, 2.24) is 20.2 Å². The maximum atomic E-state index is 5.95. The predicted octanol–water partition coefficient (Wildman–Crippen LogP) is 4.58. The molecule has 0 unspecified atom stereocenters. The molecule has 1 heterocycles. The topological polar surface area (TPSA) is 64.9 Å². The smallest absolute Gasteiger partial charge is 0.243 e. The maximum absolute atomic E-state index is 5.95. The zero-order valence-electron chi connectivity index (χ0n) is 13.9. The fraction of sp³-hybridized carbons (Fsp3) is 0.167. The van der Waals surface area contributed by atoms with E-state index in [2.05, 4.69) is 59.3 Å². The molecule has 0 amide bonds. The van der Waals surface area contributed by atoms with Crippen molar-refractivity contribution in [1.29, 1.82) is 0 Å². The van der Waals surface area contributed by atoms with Crippen LogP contribution in [0.25, 0.3) is 0 Å². The highest BCUT2D eigenvalue weighted by Crippen LogP contribution is 2.35. The van der Waals surface area contributed by atoms with Gasteiger partial charge in [0.1, 0.15) is 12.4 Å². The normalized spacial score (nSPS) is 10.5. The van der Waals surface area contributed by atoms with Crippen LogP contribution in [0.5, 0.6) is 5.75 Å². The average Bonchev–Trinajstić information content (AvgIpc) is 3.08. The van der Waals surface area contributed by atoms with E-state index in [9.17, 15) is 0 Å². The minimum atomic E-state index is 0.506. The van der Waals surface area contributed by atoms with E-state index in [0.717, 1.165) is 25.8 Å². The predicted molar refractivity (Wildman–Crippen MR) is 108 cm³/mol. The Morgan fingerprint density at radius 2 is 1.85 bits per heavy atom. The summed E-state index contributed by atoms with van der Waals surface area (Å²) in [6.45, 7) is 5.33. The zero-order chi connectivity index (χ0) is 18.4. The van der Waals surface area contributed by atoms with Gasteiger partial charge in [-0.3, -0.25) is 0 Å². The van der Waals surface area contributed by atoms with Crippen LogP contribution in [-0.4, -0.2) is 20.2 Å². The molecule has 8 heteroatoms. The molecule has 6 nitrogen and oxygen atoms in total. The van der Waals surface area contributed by atoms with E-state index >= 15 is 0 Å². The first-order chi connectivity index (χ1) is 12.7. The average molecular weight is 479 g/mol. The molecule has 0 saturated heterocycles. The summed E-state index contributed by atoms with van der Waals surface area (Å²) in [4.78, 5) is 0. The number of halogens is 2. The minimum Gasteiger partial charge on any atom is -0.487 e. The number of benzene rings is 2. The summed E-state index contributed by atoms with van der Waals surface area (Å²) in [6, 6.07) is 14.1. The fourth-order valence-electron chi connectivity index (χ4n) is 2.34. The lowest BCUT2D eigenvalue weighted by atomic mass is 10.2. The third-order valence-electron chi connectivity index (χ3n) is 3.57. The third kappa shape index (κ3) is 4.70. The molecule has 3 rings (SSSR count). The van der Waals surface area contributed by atoms with Crippen LogP contribution in [0.1, 0.15) is 11.1 Å². The lowest BCUT2D eigenvalue weighted by Gasteiger charge is -2.13. The Bertz CT molecular complexity index is 859. The number of nitrogens with one attached hydrogen (secondary N) is 1. The Labute approximate surface area is 168 Å². The molecule has 0 radical (unpaired) electrons. The van der Waals surface area contributed by atoms with Crippen molar-refractivity contribution in [3.63, 3.8) is 0 Å². The monoisotopic (exact) mass is 477 g/mol. The Balaban J connectivity index is 1.66. The van der Waals surface area contributed by atoms with Crippen LogP contribution in [0, 0.1) is 0 Å². The lowest BCUT2D eigenvalue weighted by Crippen LogP contribution is -2.08. The Hall–Kier alpha value is -2.19. The summed E-state index contributed by atoms with van der Waals surface area (Å²) in [6.07, 6.45) is 1.74. The van der Waals surface area contributed by atoms with E-state index < -0.39 is 0 Å². The van der Waals surface area contributed by atoms with Gasteiger partial charge in [0.2, 0.25) is 5.95 Å². The van der Waals surface area contributed by atoms with Crippen LogP contribution in [0.15, 0.2) is 64.1 Å². The van der Waals surface area contributed by atoms with Gasteiger partial charge in [0.25, 0.3) is 0 Å². The number of rotatable bonds is 8. The van der Waals surface area contributed by atoms with Gasteiger partial charge >= 0.3 is 0 Å². The molecular formula is C18H17Br2N5O. The Morgan fingerprint density at radius 1 is 1.12 bits per heavy atom. The second-order valence-electron chi connectivity index (χ2n) is 5.49. The van der Waals surface area contributed by atoms with Crippen molar-refractivity contribution < 1.29 is 4.74 Å². The molecule has 0 bridgehead atoms. The van der Waals surface area contributed by atoms with Crippen LogP contribution in [0.4, 0.5) is 5.95 Å². The van der Waals surface area contributed by atoms with Gasteiger partial charge in [-0.2, -0.15) is 0 Å². The molecular weight excluding hydrogens is 462 g/mol. The van der Waals surface area contributed by atoms with Gasteiger partial charge in [0, 0.05) is 6.54 Å². The van der Waals surface area contributed by atoms with Gasteiger partial charge in [-0.05, 0) is 65.5 Å². The van der Waals surface area contributed by atoms with Gasteiger partial charge in [-0.1, -0.05) is 41.5 Å². The molecule has 0 atom stereocenters. The summed E-state index contributed by atoms with van der Waals surface area (Å²) < 4.78 is 9.36. The standard InChI is InChI=1S/C18H17Br2N5O/c1-2-8-25-18(22-23-24-25)21-11-14-9-15(19)17(16(20)10-14)26-12-13-6-4-3-5-7-13/h2-7,9-10H,1,8,11-12H2,(H,21,22,24). The molecule has 2 aromatic carbocycles. The SMILES string of the molecule is C=CCn1nnnc1NCc1cc(Br)c(OCc2ccccc2)c(Br)c1. The Kier molecular flexibility index (Phi) is 6.40. The molecule has 1 N–H and O–H groups in total. The molecule has 0 aliphatic rings. The van der Waals surface area contributed by atoms with Gasteiger partial charge in [0.05, 0.1) is 15.5 Å². The number of nitrogens with zero attached hydrogens (tertiary/aromatic N) is 4. The van der Waals surface area contributed by atoms with Gasteiger partial charge in [-0.15, -0.1) is 6.58 Å². The second kappa shape index (κ2) is 8.95.